The molecule has 11 aromatic rings. The van der Waals surface area contributed by atoms with E-state index in [0.29, 0.717) is 29.9 Å². The first-order valence-electron chi connectivity index (χ1n) is 25.7. The van der Waals surface area contributed by atoms with Crippen molar-refractivity contribution >= 4 is 76.4 Å². The van der Waals surface area contributed by atoms with Crippen molar-refractivity contribution in [3.63, 3.8) is 0 Å². The number of rotatable bonds is 21. The van der Waals surface area contributed by atoms with Crippen LogP contribution in [0.3, 0.4) is 0 Å². The summed E-state index contributed by atoms with van der Waals surface area (Å²) in [5, 5.41) is 32.8. The van der Waals surface area contributed by atoms with Crippen molar-refractivity contribution in [3.05, 3.63) is 216 Å². The van der Waals surface area contributed by atoms with Gasteiger partial charge in [0.05, 0.1) is 32.8 Å². The number of carbonyl (C=O) groups is 2. The van der Waals surface area contributed by atoms with Gasteiger partial charge in [0.15, 0.2) is 11.5 Å². The summed E-state index contributed by atoms with van der Waals surface area (Å²) in [4.78, 5) is 28.0. The highest BCUT2D eigenvalue weighted by Crippen LogP contribution is 2.48. The molecule has 0 radical (unpaired) electrons. The molecule has 3 N–H and O–H groups in total. The van der Waals surface area contributed by atoms with Crippen molar-refractivity contribution in [2.45, 2.75) is 44.1 Å². The van der Waals surface area contributed by atoms with Gasteiger partial charge in [0.2, 0.25) is 11.8 Å². The molecule has 0 heterocycles. The van der Waals surface area contributed by atoms with Crippen LogP contribution in [0.25, 0.3) is 64.6 Å². The number of carbonyl (C=O) groups excluding carboxylic acids is 2. The Morgan fingerprint density at radius 2 is 0.905 bits per heavy atom. The number of benzene rings is 11. The molecule has 11 aromatic carbocycles. The monoisotopic (exact) mass is 976 g/mol. The number of para-hydroxylation sites is 1. The van der Waals surface area contributed by atoms with Crippen LogP contribution in [0.15, 0.2) is 188 Å². The average molecular weight is 977 g/mol. The number of nitrogens with one attached hydrogen (secondary N) is 2. The van der Waals surface area contributed by atoms with Gasteiger partial charge in [0, 0.05) is 31.5 Å². The van der Waals surface area contributed by atoms with Gasteiger partial charge in [-0.25, -0.2) is 0 Å². The van der Waals surface area contributed by atoms with Crippen molar-refractivity contribution in [3.8, 4) is 11.5 Å². The summed E-state index contributed by atoms with van der Waals surface area (Å²) in [6.45, 7) is -0.383. The molecule has 0 spiro atoms. The minimum Gasteiger partial charge on any atom is -0.493 e. The Morgan fingerprint density at radius 1 is 0.473 bits per heavy atom. The van der Waals surface area contributed by atoms with E-state index in [-0.39, 0.29) is 44.4 Å². The van der Waals surface area contributed by atoms with Crippen molar-refractivity contribution in [2.24, 2.45) is 5.41 Å². The maximum Gasteiger partial charge on any atom is 0.220 e. The molecular formula is C66H60N2O6. The SMILES string of the molecule is COc1cccc(C(OCC(CO)(CNC(=O)CCCc2ccc3ccc4cccc5ccc2c3c45)CNC(=O)CCCc2ccc3ccc4cccc5ccc2c3c45)(c2ccccc2)c2ccccc2)c1OC. The van der Waals surface area contributed by atoms with E-state index in [9.17, 15) is 14.7 Å². The Kier molecular flexibility index (Phi) is 13.6. The number of hydrogen-bond acceptors (Lipinski definition) is 6. The van der Waals surface area contributed by atoms with Gasteiger partial charge >= 0.3 is 0 Å². The maximum atomic E-state index is 14.0. The van der Waals surface area contributed by atoms with Crippen LogP contribution < -0.4 is 20.1 Å². The second kappa shape index (κ2) is 20.8. The number of aliphatic hydroxyl groups excluding tert-OH is 1. The molecule has 8 nitrogen and oxygen atoms in total. The zero-order chi connectivity index (χ0) is 50.7. The van der Waals surface area contributed by atoms with Crippen LogP contribution in [0.1, 0.15) is 53.5 Å². The number of aryl methyl sites for hydroxylation is 2. The Labute approximate surface area is 431 Å². The van der Waals surface area contributed by atoms with Gasteiger partial charge in [-0.05, 0) is 119 Å². The summed E-state index contributed by atoms with van der Waals surface area (Å²) < 4.78 is 19.4. The Balaban J connectivity index is 0.853. The van der Waals surface area contributed by atoms with Crippen LogP contribution in [0, 0.1) is 5.41 Å². The molecule has 0 bridgehead atoms. The first-order chi connectivity index (χ1) is 36.3. The predicted octanol–water partition coefficient (Wildman–Crippen LogP) is 13.1. The topological polar surface area (TPSA) is 106 Å². The highest BCUT2D eigenvalue weighted by Gasteiger charge is 2.44. The molecule has 0 saturated heterocycles. The second-order valence-corrected chi connectivity index (χ2v) is 19.8. The molecule has 11 rings (SSSR count). The highest BCUT2D eigenvalue weighted by molar-refractivity contribution is 6.24. The Bertz CT molecular complexity index is 3520. The molecule has 0 fully saturated rings. The van der Waals surface area contributed by atoms with E-state index in [2.05, 4.69) is 120 Å². The standard InChI is InChI=1S/C66H60N2O6/c1-72-57-25-13-24-56(64(57)73-2)66(52-20-5-3-6-21-52,53-22-7-4-8-23-53)74-43-65(42-69,40-67-58(70)26-11-14-44-28-30-50-34-32-46-16-9-18-48-36-38-54(44)62(50)60(46)48)41-68-59(71)27-12-15-45-29-31-51-35-33-47-17-10-19-49-37-39-55(45)63(51)61(47)49/h3-10,13,16-25,28-39,69H,11-12,14-15,26-27,40-43H2,1-2H3,(H,67,70)(H,68,71). The fourth-order valence-corrected chi connectivity index (χ4v) is 11.5. The van der Waals surface area contributed by atoms with Crippen LogP contribution in [0.5, 0.6) is 11.5 Å². The molecule has 0 aliphatic heterocycles. The lowest BCUT2D eigenvalue weighted by molar-refractivity contribution is -0.123. The second-order valence-electron chi connectivity index (χ2n) is 19.8. The molecule has 0 unspecified atom stereocenters. The largest absolute Gasteiger partial charge is 0.493 e. The number of hydrogen-bond donors (Lipinski definition) is 3. The minimum absolute atomic E-state index is 0.0407. The molecule has 0 atom stereocenters. The fourth-order valence-electron chi connectivity index (χ4n) is 11.5. The zero-order valence-electron chi connectivity index (χ0n) is 42.0. The van der Waals surface area contributed by atoms with Crippen molar-refractivity contribution in [1.82, 2.24) is 10.6 Å². The molecule has 370 valence electrons. The van der Waals surface area contributed by atoms with Crippen LogP contribution in [-0.2, 0) is 32.8 Å². The summed E-state index contributed by atoms with van der Waals surface area (Å²) >= 11 is 0. The van der Waals surface area contributed by atoms with Gasteiger partial charge < -0.3 is 30.0 Å². The van der Waals surface area contributed by atoms with Crippen molar-refractivity contribution in [1.29, 1.82) is 0 Å². The summed E-state index contributed by atoms with van der Waals surface area (Å²) in [5.74, 6) is 0.731. The number of aliphatic hydroxyl groups is 1. The fraction of sp³-hybridized carbons (Fsp3) is 0.212. The predicted molar refractivity (Wildman–Crippen MR) is 300 cm³/mol. The van der Waals surface area contributed by atoms with E-state index >= 15 is 0 Å². The normalized spacial score (nSPS) is 12.1. The zero-order valence-corrected chi connectivity index (χ0v) is 42.0. The molecule has 8 heteroatoms. The van der Waals surface area contributed by atoms with Crippen LogP contribution in [0.4, 0.5) is 0 Å². The molecule has 0 aliphatic carbocycles. The molecular weight excluding hydrogens is 917 g/mol. The minimum atomic E-state index is -1.29. The van der Waals surface area contributed by atoms with E-state index in [1.807, 2.05) is 78.9 Å². The first kappa shape index (κ1) is 48.2. The van der Waals surface area contributed by atoms with E-state index in [0.717, 1.165) is 24.0 Å². The molecule has 74 heavy (non-hydrogen) atoms. The van der Waals surface area contributed by atoms with Gasteiger partial charge in [-0.3, -0.25) is 9.59 Å². The van der Waals surface area contributed by atoms with E-state index in [1.165, 1.54) is 75.8 Å². The van der Waals surface area contributed by atoms with E-state index in [1.54, 1.807) is 14.2 Å². The number of ether oxygens (including phenoxy) is 3. The summed E-state index contributed by atoms with van der Waals surface area (Å²) in [5.41, 5.74) is 2.27. The van der Waals surface area contributed by atoms with E-state index in [4.69, 9.17) is 14.2 Å². The summed E-state index contributed by atoms with van der Waals surface area (Å²) in [6, 6.07) is 64.7. The number of amides is 2. The highest BCUT2D eigenvalue weighted by atomic mass is 16.5. The van der Waals surface area contributed by atoms with E-state index < -0.39 is 17.6 Å². The third-order valence-electron chi connectivity index (χ3n) is 15.3. The summed E-state index contributed by atoms with van der Waals surface area (Å²) in [7, 11) is 3.22. The van der Waals surface area contributed by atoms with Gasteiger partial charge in [0.1, 0.15) is 5.60 Å². The Morgan fingerprint density at radius 3 is 1.35 bits per heavy atom. The van der Waals surface area contributed by atoms with Crippen LogP contribution in [0.2, 0.25) is 0 Å². The van der Waals surface area contributed by atoms with Crippen LogP contribution >= 0.6 is 0 Å². The quantitative estimate of drug-likeness (QED) is 0.0489. The first-order valence-corrected chi connectivity index (χ1v) is 25.7. The molecule has 0 aromatic heterocycles. The van der Waals surface area contributed by atoms with Crippen LogP contribution in [-0.4, -0.2) is 57.4 Å². The lowest BCUT2D eigenvalue weighted by atomic mass is 9.78. The molecule has 2 amide bonds. The van der Waals surface area contributed by atoms with Gasteiger partial charge in [0.25, 0.3) is 0 Å². The third kappa shape index (κ3) is 8.99. The lowest BCUT2D eigenvalue weighted by Gasteiger charge is -2.41. The molecule has 0 aliphatic rings. The van der Waals surface area contributed by atoms with Gasteiger partial charge in [-0.1, -0.05) is 182 Å². The third-order valence-corrected chi connectivity index (χ3v) is 15.3. The van der Waals surface area contributed by atoms with Gasteiger partial charge in [-0.2, -0.15) is 0 Å². The van der Waals surface area contributed by atoms with Gasteiger partial charge in [-0.15, -0.1) is 0 Å². The lowest BCUT2D eigenvalue weighted by Crippen LogP contribution is -2.52. The number of methoxy groups -OCH3 is 2. The summed E-state index contributed by atoms with van der Waals surface area (Å²) in [6.07, 6.45) is 3.25. The Hall–Kier alpha value is -8.04. The maximum absolute atomic E-state index is 14.0. The van der Waals surface area contributed by atoms with Crippen molar-refractivity contribution < 1.29 is 28.9 Å². The molecule has 0 saturated carbocycles. The smallest absolute Gasteiger partial charge is 0.220 e. The average Bonchev–Trinajstić information content (AvgIpc) is 3.45. The van der Waals surface area contributed by atoms with Crippen molar-refractivity contribution in [2.75, 3.05) is 40.5 Å².